The molecule has 3 rings (SSSR count). The Hall–Kier alpha value is -1.47. The minimum absolute atomic E-state index is 0.140. The molecule has 1 aromatic heterocycles. The Bertz CT molecular complexity index is 450. The minimum atomic E-state index is -0.271. The second-order valence-electron chi connectivity index (χ2n) is 5.76. The van der Waals surface area contributed by atoms with E-state index in [2.05, 4.69) is 15.0 Å². The largest absolute Gasteiger partial charge is 0.379 e. The molecule has 1 atom stereocenters. The smallest absolute Gasteiger partial charge is 0.247 e. The van der Waals surface area contributed by atoms with Crippen LogP contribution in [-0.2, 0) is 9.53 Å². The SMILES string of the molecule is CC(C(=O)N1CCC(N2CCOCC2)CC1)n1cncn1. The number of nitrogens with zero attached hydrogens (tertiary/aromatic N) is 5. The molecule has 116 valence electrons. The fourth-order valence-electron chi connectivity index (χ4n) is 3.19. The van der Waals surface area contributed by atoms with Crippen molar-refractivity contribution < 1.29 is 9.53 Å². The number of morpholine rings is 1. The third-order valence-electron chi connectivity index (χ3n) is 4.53. The van der Waals surface area contributed by atoms with Crippen molar-refractivity contribution in [3.05, 3.63) is 12.7 Å². The van der Waals surface area contributed by atoms with Gasteiger partial charge in [0, 0.05) is 32.2 Å². The Kier molecular flexibility index (Phi) is 4.50. The number of ether oxygens (including phenoxy) is 1. The van der Waals surface area contributed by atoms with E-state index < -0.39 is 0 Å². The summed E-state index contributed by atoms with van der Waals surface area (Å²) in [6.45, 7) is 7.26. The summed E-state index contributed by atoms with van der Waals surface area (Å²) in [6, 6.07) is 0.326. The van der Waals surface area contributed by atoms with Gasteiger partial charge >= 0.3 is 0 Å². The van der Waals surface area contributed by atoms with E-state index in [1.54, 1.807) is 11.0 Å². The number of likely N-dealkylation sites (tertiary alicyclic amines) is 1. The van der Waals surface area contributed by atoms with Gasteiger partial charge in [0.25, 0.3) is 0 Å². The van der Waals surface area contributed by atoms with Gasteiger partial charge < -0.3 is 9.64 Å². The van der Waals surface area contributed by atoms with Crippen LogP contribution in [0.5, 0.6) is 0 Å². The lowest BCUT2D eigenvalue weighted by Gasteiger charge is -2.40. The first-order chi connectivity index (χ1) is 10.3. The van der Waals surface area contributed by atoms with E-state index in [0.717, 1.165) is 52.2 Å². The monoisotopic (exact) mass is 293 g/mol. The lowest BCUT2D eigenvalue weighted by Crippen LogP contribution is -2.50. The van der Waals surface area contributed by atoms with Crippen LogP contribution in [0, 0.1) is 0 Å². The molecule has 2 saturated heterocycles. The summed E-state index contributed by atoms with van der Waals surface area (Å²) in [6.07, 6.45) is 5.17. The van der Waals surface area contributed by atoms with E-state index in [1.807, 2.05) is 11.8 Å². The average Bonchev–Trinajstić information content (AvgIpc) is 3.09. The quantitative estimate of drug-likeness (QED) is 0.794. The highest BCUT2D eigenvalue weighted by Crippen LogP contribution is 2.20. The lowest BCUT2D eigenvalue weighted by atomic mass is 10.0. The van der Waals surface area contributed by atoms with Gasteiger partial charge in [-0.25, -0.2) is 9.67 Å². The van der Waals surface area contributed by atoms with Crippen LogP contribution in [0.2, 0.25) is 0 Å². The van der Waals surface area contributed by atoms with Crippen LogP contribution in [0.15, 0.2) is 12.7 Å². The van der Waals surface area contributed by atoms with Crippen LogP contribution >= 0.6 is 0 Å². The van der Waals surface area contributed by atoms with Crippen LogP contribution in [0.25, 0.3) is 0 Å². The van der Waals surface area contributed by atoms with Crippen LogP contribution in [0.4, 0.5) is 0 Å². The van der Waals surface area contributed by atoms with Crippen molar-refractivity contribution in [2.45, 2.75) is 31.8 Å². The zero-order valence-electron chi connectivity index (χ0n) is 12.5. The summed E-state index contributed by atoms with van der Waals surface area (Å²) in [5.41, 5.74) is 0. The summed E-state index contributed by atoms with van der Waals surface area (Å²) in [4.78, 5) is 20.9. The Morgan fingerprint density at radius 2 is 1.95 bits per heavy atom. The molecule has 0 N–H and O–H groups in total. The van der Waals surface area contributed by atoms with E-state index in [0.29, 0.717) is 6.04 Å². The standard InChI is InChI=1S/C14H23N5O2/c1-12(19-11-15-10-16-19)14(20)18-4-2-13(3-5-18)17-6-8-21-9-7-17/h10-13H,2-9H2,1H3. The number of hydrogen-bond acceptors (Lipinski definition) is 5. The first kappa shape index (κ1) is 14.5. The molecule has 7 heteroatoms. The van der Waals surface area contributed by atoms with Gasteiger partial charge in [0.15, 0.2) is 0 Å². The van der Waals surface area contributed by atoms with E-state index in [1.165, 1.54) is 6.33 Å². The number of carbonyl (C=O) groups is 1. The molecule has 21 heavy (non-hydrogen) atoms. The predicted octanol–water partition coefficient (Wildman–Crippen LogP) is 0.162. The average molecular weight is 293 g/mol. The van der Waals surface area contributed by atoms with Gasteiger partial charge in [-0.3, -0.25) is 9.69 Å². The van der Waals surface area contributed by atoms with E-state index >= 15 is 0 Å². The molecule has 2 aliphatic heterocycles. The van der Waals surface area contributed by atoms with Crippen molar-refractivity contribution >= 4 is 5.91 Å². The summed E-state index contributed by atoms with van der Waals surface area (Å²) >= 11 is 0. The zero-order valence-corrected chi connectivity index (χ0v) is 12.5. The van der Waals surface area contributed by atoms with Crippen LogP contribution in [-0.4, -0.2) is 75.9 Å². The van der Waals surface area contributed by atoms with Gasteiger partial charge in [0.2, 0.25) is 5.91 Å². The molecular weight excluding hydrogens is 270 g/mol. The van der Waals surface area contributed by atoms with Gasteiger partial charge in [-0.2, -0.15) is 5.10 Å². The molecule has 3 heterocycles. The van der Waals surface area contributed by atoms with Gasteiger partial charge in [0.05, 0.1) is 13.2 Å². The van der Waals surface area contributed by atoms with Crippen molar-refractivity contribution in [1.29, 1.82) is 0 Å². The molecule has 0 aromatic carbocycles. The van der Waals surface area contributed by atoms with Gasteiger partial charge in [-0.15, -0.1) is 0 Å². The Morgan fingerprint density at radius 3 is 2.57 bits per heavy atom. The van der Waals surface area contributed by atoms with Crippen LogP contribution < -0.4 is 0 Å². The van der Waals surface area contributed by atoms with Crippen molar-refractivity contribution in [3.8, 4) is 0 Å². The third-order valence-corrected chi connectivity index (χ3v) is 4.53. The molecule has 0 radical (unpaired) electrons. The van der Waals surface area contributed by atoms with Gasteiger partial charge in [-0.05, 0) is 19.8 Å². The highest BCUT2D eigenvalue weighted by molar-refractivity contribution is 5.80. The number of hydrogen-bond donors (Lipinski definition) is 0. The second kappa shape index (κ2) is 6.53. The van der Waals surface area contributed by atoms with E-state index in [9.17, 15) is 4.79 Å². The lowest BCUT2D eigenvalue weighted by molar-refractivity contribution is -0.136. The highest BCUT2D eigenvalue weighted by Gasteiger charge is 2.30. The summed E-state index contributed by atoms with van der Waals surface area (Å²) in [5, 5.41) is 4.06. The number of amides is 1. The van der Waals surface area contributed by atoms with Crippen LogP contribution in [0.1, 0.15) is 25.8 Å². The van der Waals surface area contributed by atoms with Crippen molar-refractivity contribution in [2.75, 3.05) is 39.4 Å². The second-order valence-corrected chi connectivity index (χ2v) is 5.76. The maximum atomic E-state index is 12.5. The minimum Gasteiger partial charge on any atom is -0.379 e. The molecule has 7 nitrogen and oxygen atoms in total. The molecule has 1 unspecified atom stereocenters. The summed E-state index contributed by atoms with van der Waals surface area (Å²) in [7, 11) is 0. The molecule has 0 saturated carbocycles. The van der Waals surface area contributed by atoms with E-state index in [-0.39, 0.29) is 11.9 Å². The highest BCUT2D eigenvalue weighted by atomic mass is 16.5. The molecular formula is C14H23N5O2. The summed E-state index contributed by atoms with van der Waals surface area (Å²) in [5.74, 6) is 0.140. The molecule has 1 aromatic rings. The molecule has 0 aliphatic carbocycles. The normalized spacial score (nSPS) is 23.2. The van der Waals surface area contributed by atoms with Crippen LogP contribution in [0.3, 0.4) is 0 Å². The molecule has 1 amide bonds. The van der Waals surface area contributed by atoms with Crippen molar-refractivity contribution in [3.63, 3.8) is 0 Å². The topological polar surface area (TPSA) is 63.5 Å². The maximum absolute atomic E-state index is 12.5. The van der Waals surface area contributed by atoms with Crippen molar-refractivity contribution in [1.82, 2.24) is 24.6 Å². The number of piperidine rings is 1. The maximum Gasteiger partial charge on any atom is 0.247 e. The number of rotatable bonds is 3. The molecule has 0 bridgehead atoms. The van der Waals surface area contributed by atoms with Gasteiger partial charge in [0.1, 0.15) is 18.7 Å². The molecule has 0 spiro atoms. The molecule has 2 aliphatic rings. The fourth-order valence-corrected chi connectivity index (χ4v) is 3.19. The Balaban J connectivity index is 1.52. The number of aromatic nitrogens is 3. The predicted molar refractivity (Wildman–Crippen MR) is 76.7 cm³/mol. The van der Waals surface area contributed by atoms with Crippen molar-refractivity contribution in [2.24, 2.45) is 0 Å². The first-order valence-corrected chi connectivity index (χ1v) is 7.70. The first-order valence-electron chi connectivity index (χ1n) is 7.70. The summed E-state index contributed by atoms with van der Waals surface area (Å²) < 4.78 is 7.02. The zero-order chi connectivity index (χ0) is 14.7. The fraction of sp³-hybridized carbons (Fsp3) is 0.786. The Morgan fingerprint density at radius 1 is 1.24 bits per heavy atom. The number of carbonyl (C=O) groups excluding carboxylic acids is 1. The third kappa shape index (κ3) is 3.24. The van der Waals surface area contributed by atoms with E-state index in [4.69, 9.17) is 4.74 Å². The van der Waals surface area contributed by atoms with Gasteiger partial charge in [-0.1, -0.05) is 0 Å². The molecule has 2 fully saturated rings. The Labute approximate surface area is 124 Å².